The molecule has 0 aromatic heterocycles. The molecule has 1 unspecified atom stereocenters. The van der Waals surface area contributed by atoms with Crippen molar-refractivity contribution >= 4 is 58.1 Å². The van der Waals surface area contributed by atoms with Gasteiger partial charge in [0, 0.05) is 47.9 Å². The van der Waals surface area contributed by atoms with Crippen LogP contribution in [0.5, 0.6) is 0 Å². The van der Waals surface area contributed by atoms with Gasteiger partial charge in [0.25, 0.3) is 0 Å². The van der Waals surface area contributed by atoms with E-state index in [2.05, 4.69) is 16.0 Å². The number of anilines is 2. The van der Waals surface area contributed by atoms with Crippen LogP contribution in [0.15, 0.2) is 42.5 Å². The lowest BCUT2D eigenvalue weighted by molar-refractivity contribution is -0.119. The Labute approximate surface area is 188 Å². The molecule has 1 aliphatic heterocycles. The Hall–Kier alpha value is -3.23. The van der Waals surface area contributed by atoms with E-state index in [0.29, 0.717) is 39.1 Å². The maximum atomic E-state index is 12.6. The second-order valence-corrected chi connectivity index (χ2v) is 7.64. The van der Waals surface area contributed by atoms with Gasteiger partial charge >= 0.3 is 6.16 Å². The summed E-state index contributed by atoms with van der Waals surface area (Å²) in [6, 6.07) is 10.1. The van der Waals surface area contributed by atoms with Gasteiger partial charge in [-0.05, 0) is 35.4 Å². The quantitative estimate of drug-likeness (QED) is 0.383. The topological polar surface area (TPSA) is 117 Å². The van der Waals surface area contributed by atoms with Crippen molar-refractivity contribution in [1.29, 1.82) is 0 Å². The summed E-state index contributed by atoms with van der Waals surface area (Å²) in [6.07, 6.45) is -0.893. The first kappa shape index (κ1) is 22.5. The van der Waals surface area contributed by atoms with Crippen LogP contribution in [-0.4, -0.2) is 29.3 Å². The minimum atomic E-state index is -1.45. The zero-order valence-electron chi connectivity index (χ0n) is 16.4. The van der Waals surface area contributed by atoms with Gasteiger partial charge in [-0.1, -0.05) is 35.3 Å². The van der Waals surface area contributed by atoms with E-state index in [1.165, 1.54) is 13.0 Å². The van der Waals surface area contributed by atoms with Crippen molar-refractivity contribution in [2.24, 2.45) is 0 Å². The number of hydrogen-bond donors (Lipinski definition) is 4. The number of benzene rings is 2. The van der Waals surface area contributed by atoms with Crippen LogP contribution in [0, 0.1) is 0 Å². The second-order valence-electron chi connectivity index (χ2n) is 6.80. The summed E-state index contributed by atoms with van der Waals surface area (Å²) in [6.45, 7) is 1.83. The van der Waals surface area contributed by atoms with Gasteiger partial charge in [0.15, 0.2) is 6.23 Å². The number of amides is 2. The molecule has 0 aliphatic carbocycles. The molecule has 0 saturated carbocycles. The van der Waals surface area contributed by atoms with E-state index in [1.54, 1.807) is 36.4 Å². The molecule has 31 heavy (non-hydrogen) atoms. The highest BCUT2D eigenvalue weighted by molar-refractivity contribution is 6.36. The van der Waals surface area contributed by atoms with Crippen molar-refractivity contribution in [3.05, 3.63) is 63.6 Å². The van der Waals surface area contributed by atoms with Crippen molar-refractivity contribution in [2.75, 3.05) is 10.6 Å². The Bertz CT molecular complexity index is 1050. The molecule has 1 aliphatic rings. The van der Waals surface area contributed by atoms with E-state index in [-0.39, 0.29) is 12.3 Å². The van der Waals surface area contributed by atoms with Crippen molar-refractivity contribution < 1.29 is 24.2 Å². The third-order valence-corrected chi connectivity index (χ3v) is 4.93. The van der Waals surface area contributed by atoms with Crippen LogP contribution in [0.1, 0.15) is 24.5 Å². The highest BCUT2D eigenvalue weighted by atomic mass is 35.5. The Morgan fingerprint density at radius 3 is 2.58 bits per heavy atom. The third-order valence-electron chi connectivity index (χ3n) is 4.41. The van der Waals surface area contributed by atoms with Crippen molar-refractivity contribution in [3.8, 4) is 0 Å². The summed E-state index contributed by atoms with van der Waals surface area (Å²) in [5.74, 6) is -0.547. The molecule has 10 heteroatoms. The van der Waals surface area contributed by atoms with Crippen LogP contribution in [0.2, 0.25) is 10.0 Å². The van der Waals surface area contributed by atoms with Gasteiger partial charge in [0.05, 0.1) is 5.02 Å². The van der Waals surface area contributed by atoms with E-state index in [9.17, 15) is 14.4 Å². The number of carbonyl (C=O) groups excluding carboxylic acids is 2. The Morgan fingerprint density at radius 1 is 1.23 bits per heavy atom. The Morgan fingerprint density at radius 2 is 1.94 bits per heavy atom. The molecule has 2 aromatic carbocycles. The predicted molar refractivity (Wildman–Crippen MR) is 118 cm³/mol. The average molecular weight is 464 g/mol. The number of nitrogens with one attached hydrogen (secondary N) is 3. The molecular weight excluding hydrogens is 445 g/mol. The molecule has 2 amide bonds. The molecule has 162 valence electrons. The van der Waals surface area contributed by atoms with Crippen LogP contribution in [0.4, 0.5) is 16.2 Å². The first-order valence-electron chi connectivity index (χ1n) is 9.21. The summed E-state index contributed by atoms with van der Waals surface area (Å²) in [7, 11) is 0. The summed E-state index contributed by atoms with van der Waals surface area (Å²) >= 11 is 12.4. The van der Waals surface area contributed by atoms with E-state index in [4.69, 9.17) is 33.0 Å². The largest absolute Gasteiger partial charge is 0.507 e. The minimum absolute atomic E-state index is 0.101. The van der Waals surface area contributed by atoms with Crippen LogP contribution in [-0.2, 0) is 20.9 Å². The van der Waals surface area contributed by atoms with Gasteiger partial charge in [-0.2, -0.15) is 0 Å². The molecule has 0 radical (unpaired) electrons. The molecule has 0 fully saturated rings. The maximum absolute atomic E-state index is 12.6. The minimum Gasteiger partial charge on any atom is -0.450 e. The molecule has 1 heterocycles. The normalized spacial score (nSPS) is 16.1. The molecule has 0 bridgehead atoms. The summed E-state index contributed by atoms with van der Waals surface area (Å²) in [4.78, 5) is 34.6. The number of ether oxygens (including phenoxy) is 1. The van der Waals surface area contributed by atoms with E-state index in [0.717, 1.165) is 5.56 Å². The fraction of sp³-hybridized carbons (Fsp3) is 0.190. The van der Waals surface area contributed by atoms with Crippen LogP contribution >= 0.6 is 23.2 Å². The lowest BCUT2D eigenvalue weighted by Gasteiger charge is -2.28. The monoisotopic (exact) mass is 463 g/mol. The molecule has 0 saturated heterocycles. The SMILES string of the molecule is CC(=O)NCc1ccc(NC(=O)/C=C2\CC(OC(=O)O)Nc3cc(Cl)cc(Cl)c32)cc1. The first-order valence-corrected chi connectivity index (χ1v) is 9.97. The second kappa shape index (κ2) is 9.72. The number of fused-ring (bicyclic) bond motifs is 1. The number of hydrogen-bond acceptors (Lipinski definition) is 5. The molecule has 3 rings (SSSR count). The molecule has 2 aromatic rings. The van der Waals surface area contributed by atoms with Crippen molar-refractivity contribution in [2.45, 2.75) is 26.1 Å². The molecule has 1 atom stereocenters. The van der Waals surface area contributed by atoms with E-state index >= 15 is 0 Å². The van der Waals surface area contributed by atoms with Gasteiger partial charge in [-0.25, -0.2) is 4.79 Å². The fourth-order valence-electron chi connectivity index (χ4n) is 3.13. The van der Waals surface area contributed by atoms with Crippen LogP contribution < -0.4 is 16.0 Å². The highest BCUT2D eigenvalue weighted by Crippen LogP contribution is 2.40. The molecule has 0 spiro atoms. The zero-order chi connectivity index (χ0) is 22.5. The number of carboxylic acid groups (broad SMARTS) is 1. The zero-order valence-corrected chi connectivity index (χ0v) is 17.9. The summed E-state index contributed by atoms with van der Waals surface area (Å²) in [5.41, 5.74) is 2.97. The van der Waals surface area contributed by atoms with Gasteiger partial charge in [-0.3, -0.25) is 9.59 Å². The standard InChI is InChI=1S/C21H19Cl2N3O5/c1-11(27)24-10-12-2-4-15(5-3-12)25-18(28)6-13-7-19(31-21(29)30)26-17-9-14(22)8-16(23)20(13)17/h2-6,8-9,19,26H,7,10H2,1H3,(H,24,27)(H,25,28)(H,29,30)/b13-6+. The van der Waals surface area contributed by atoms with Gasteiger partial charge < -0.3 is 25.8 Å². The lowest BCUT2D eigenvalue weighted by Crippen LogP contribution is -2.30. The number of carbonyl (C=O) groups is 3. The van der Waals surface area contributed by atoms with Gasteiger partial charge in [0.2, 0.25) is 11.8 Å². The van der Waals surface area contributed by atoms with Crippen LogP contribution in [0.3, 0.4) is 0 Å². The van der Waals surface area contributed by atoms with Gasteiger partial charge in [0.1, 0.15) is 0 Å². The highest BCUT2D eigenvalue weighted by Gasteiger charge is 2.27. The molecule has 8 nitrogen and oxygen atoms in total. The third kappa shape index (κ3) is 6.13. The van der Waals surface area contributed by atoms with Crippen LogP contribution in [0.25, 0.3) is 5.57 Å². The predicted octanol–water partition coefficient (Wildman–Crippen LogP) is 4.49. The van der Waals surface area contributed by atoms with E-state index < -0.39 is 18.3 Å². The Balaban J connectivity index is 1.80. The summed E-state index contributed by atoms with van der Waals surface area (Å²) in [5, 5.41) is 18.0. The van der Waals surface area contributed by atoms with Gasteiger partial charge in [-0.15, -0.1) is 0 Å². The lowest BCUT2D eigenvalue weighted by atomic mass is 9.95. The van der Waals surface area contributed by atoms with Crippen molar-refractivity contribution in [3.63, 3.8) is 0 Å². The summed E-state index contributed by atoms with van der Waals surface area (Å²) < 4.78 is 4.83. The Kier molecular flexibility index (Phi) is 7.04. The van der Waals surface area contributed by atoms with Crippen molar-refractivity contribution in [1.82, 2.24) is 5.32 Å². The maximum Gasteiger partial charge on any atom is 0.507 e. The average Bonchev–Trinajstić information content (AvgIpc) is 2.66. The number of halogens is 2. The molecule has 4 N–H and O–H groups in total. The number of rotatable bonds is 5. The van der Waals surface area contributed by atoms with E-state index in [1.807, 2.05) is 0 Å². The fourth-order valence-corrected chi connectivity index (χ4v) is 3.75. The first-order chi connectivity index (χ1) is 14.7. The smallest absolute Gasteiger partial charge is 0.450 e. The molecular formula is C21H19Cl2N3O5.